The summed E-state index contributed by atoms with van der Waals surface area (Å²) in [4.78, 5) is 22.7. The number of benzene rings is 2. The number of amidine groups is 1. The molecule has 5 nitrogen and oxygen atoms in total. The lowest BCUT2D eigenvalue weighted by atomic mass is 9.79. The van der Waals surface area contributed by atoms with E-state index in [0.29, 0.717) is 28.1 Å². The van der Waals surface area contributed by atoms with Gasteiger partial charge in [0.15, 0.2) is 5.17 Å². The molecule has 0 aliphatic carbocycles. The van der Waals surface area contributed by atoms with Crippen LogP contribution in [0.25, 0.3) is 6.08 Å². The van der Waals surface area contributed by atoms with Gasteiger partial charge in [0, 0.05) is 29.9 Å². The van der Waals surface area contributed by atoms with Crippen molar-refractivity contribution in [3.05, 3.63) is 64.3 Å². The SMILES string of the molecule is CCN1c2cc(F)c(/C=C3/SC(=Nc4ccccc4)N(CC4CCCO4)C3=O)cc2C(C)CC1(C)C. The Morgan fingerprint density at radius 1 is 1.25 bits per heavy atom. The van der Waals surface area contributed by atoms with Gasteiger partial charge in [0.05, 0.1) is 23.2 Å². The van der Waals surface area contributed by atoms with Crippen molar-refractivity contribution in [2.24, 2.45) is 4.99 Å². The number of amides is 1. The molecule has 3 heterocycles. The van der Waals surface area contributed by atoms with Crippen molar-refractivity contribution in [1.29, 1.82) is 0 Å². The number of carbonyl (C=O) groups is 1. The monoisotopic (exact) mass is 507 g/mol. The number of nitrogens with zero attached hydrogens (tertiary/aromatic N) is 3. The lowest BCUT2D eigenvalue weighted by molar-refractivity contribution is -0.123. The van der Waals surface area contributed by atoms with E-state index in [-0.39, 0.29) is 23.4 Å². The Bertz CT molecular complexity index is 1200. The summed E-state index contributed by atoms with van der Waals surface area (Å²) in [5, 5.41) is 0.610. The third kappa shape index (κ3) is 4.83. The summed E-state index contributed by atoms with van der Waals surface area (Å²) in [6.07, 6.45) is 4.61. The van der Waals surface area contributed by atoms with Gasteiger partial charge in [-0.1, -0.05) is 25.1 Å². The lowest BCUT2D eigenvalue weighted by Gasteiger charge is -2.47. The summed E-state index contributed by atoms with van der Waals surface area (Å²) in [6.45, 7) is 10.7. The Hall–Kier alpha value is -2.64. The van der Waals surface area contributed by atoms with Crippen molar-refractivity contribution in [2.45, 2.75) is 64.5 Å². The van der Waals surface area contributed by atoms with Crippen LogP contribution in [0.15, 0.2) is 52.4 Å². The zero-order chi connectivity index (χ0) is 25.4. The van der Waals surface area contributed by atoms with E-state index >= 15 is 4.39 Å². The molecule has 0 radical (unpaired) electrons. The number of hydrogen-bond donors (Lipinski definition) is 0. The second-order valence-corrected chi connectivity index (χ2v) is 11.5. The quantitative estimate of drug-likeness (QED) is 0.422. The molecule has 0 N–H and O–H groups in total. The minimum atomic E-state index is -0.308. The van der Waals surface area contributed by atoms with Gasteiger partial charge in [0.1, 0.15) is 5.82 Å². The third-order valence-corrected chi connectivity index (χ3v) is 8.39. The first kappa shape index (κ1) is 25.0. The second kappa shape index (κ2) is 10.0. The maximum absolute atomic E-state index is 15.5. The lowest BCUT2D eigenvalue weighted by Crippen LogP contribution is -2.48. The predicted octanol–water partition coefficient (Wildman–Crippen LogP) is 6.72. The average Bonchev–Trinajstić information content (AvgIpc) is 3.45. The molecule has 1 amide bonds. The van der Waals surface area contributed by atoms with E-state index in [2.05, 4.69) is 32.6 Å². The first-order valence-electron chi connectivity index (χ1n) is 12.8. The Morgan fingerprint density at radius 2 is 2.03 bits per heavy atom. The molecule has 2 aromatic rings. The Balaban J connectivity index is 1.51. The van der Waals surface area contributed by atoms with Gasteiger partial charge in [-0.15, -0.1) is 0 Å². The van der Waals surface area contributed by atoms with E-state index in [4.69, 9.17) is 9.73 Å². The number of halogens is 1. The van der Waals surface area contributed by atoms with Crippen LogP contribution in [-0.2, 0) is 9.53 Å². The normalized spacial score (nSPS) is 25.8. The van der Waals surface area contributed by atoms with Gasteiger partial charge >= 0.3 is 0 Å². The summed E-state index contributed by atoms with van der Waals surface area (Å²) in [6, 6.07) is 13.2. The van der Waals surface area contributed by atoms with E-state index in [1.54, 1.807) is 17.0 Å². The van der Waals surface area contributed by atoms with Crippen molar-refractivity contribution in [3.63, 3.8) is 0 Å². The number of thioether (sulfide) groups is 1. The summed E-state index contributed by atoms with van der Waals surface area (Å²) >= 11 is 1.31. The molecule has 3 aliphatic rings. The molecule has 7 heteroatoms. The highest BCUT2D eigenvalue weighted by Gasteiger charge is 2.38. The number of carbonyl (C=O) groups excluding carboxylic acids is 1. The molecule has 0 saturated carbocycles. The molecule has 36 heavy (non-hydrogen) atoms. The van der Waals surface area contributed by atoms with Crippen LogP contribution in [0.3, 0.4) is 0 Å². The fourth-order valence-corrected chi connectivity index (χ4v) is 6.73. The van der Waals surface area contributed by atoms with Crippen molar-refractivity contribution < 1.29 is 13.9 Å². The molecule has 2 atom stereocenters. The number of hydrogen-bond acceptors (Lipinski definition) is 5. The summed E-state index contributed by atoms with van der Waals surface area (Å²) in [5.74, 6) is -0.155. The minimum Gasteiger partial charge on any atom is -0.376 e. The zero-order valence-corrected chi connectivity index (χ0v) is 22.3. The van der Waals surface area contributed by atoms with Gasteiger partial charge in [-0.2, -0.15) is 0 Å². The van der Waals surface area contributed by atoms with Crippen molar-refractivity contribution in [2.75, 3.05) is 24.6 Å². The number of rotatable bonds is 5. The van der Waals surface area contributed by atoms with Gasteiger partial charge in [-0.25, -0.2) is 9.38 Å². The topological polar surface area (TPSA) is 45.1 Å². The Morgan fingerprint density at radius 3 is 2.72 bits per heavy atom. The van der Waals surface area contributed by atoms with E-state index in [9.17, 15) is 4.79 Å². The van der Waals surface area contributed by atoms with Crippen LogP contribution in [0.1, 0.15) is 64.0 Å². The molecule has 2 aromatic carbocycles. The van der Waals surface area contributed by atoms with Crippen LogP contribution in [0.4, 0.5) is 15.8 Å². The van der Waals surface area contributed by atoms with E-state index < -0.39 is 0 Å². The van der Waals surface area contributed by atoms with Crippen LogP contribution in [0.2, 0.25) is 0 Å². The fraction of sp³-hybridized carbons (Fsp3) is 0.448. The first-order chi connectivity index (χ1) is 17.3. The molecular formula is C29H34FN3O2S. The van der Waals surface area contributed by atoms with Crippen LogP contribution >= 0.6 is 11.8 Å². The standard InChI is InChI=1S/C29H34FN3O2S/c1-5-33-25-16-24(30)20(14-23(25)19(2)17-29(33,3)4)15-26-27(34)32(18-22-12-9-13-35-22)28(36-26)31-21-10-7-6-8-11-21/h6-8,10-11,14-16,19,22H,5,9,12-13,17-18H2,1-4H3/b26-15+,31-28?. The van der Waals surface area contributed by atoms with Crippen LogP contribution < -0.4 is 4.90 Å². The van der Waals surface area contributed by atoms with Crippen LogP contribution in [0.5, 0.6) is 0 Å². The largest absolute Gasteiger partial charge is 0.376 e. The number of aliphatic imine (C=N–C) groups is 1. The van der Waals surface area contributed by atoms with Gasteiger partial charge in [-0.3, -0.25) is 9.69 Å². The van der Waals surface area contributed by atoms with E-state index in [1.807, 2.05) is 36.4 Å². The number of ether oxygens (including phenoxy) is 1. The third-order valence-electron chi connectivity index (χ3n) is 7.39. The van der Waals surface area contributed by atoms with Crippen molar-refractivity contribution in [3.8, 4) is 0 Å². The molecule has 2 saturated heterocycles. The highest BCUT2D eigenvalue weighted by Crippen LogP contribution is 2.45. The summed E-state index contributed by atoms with van der Waals surface area (Å²) in [7, 11) is 0. The molecule has 2 unspecified atom stereocenters. The molecular weight excluding hydrogens is 473 g/mol. The van der Waals surface area contributed by atoms with Gasteiger partial charge in [0.2, 0.25) is 0 Å². The molecule has 0 spiro atoms. The number of para-hydroxylation sites is 1. The molecule has 3 aliphatic heterocycles. The second-order valence-electron chi connectivity index (χ2n) is 10.5. The fourth-order valence-electron chi connectivity index (χ4n) is 5.73. The van der Waals surface area contributed by atoms with Crippen molar-refractivity contribution in [1.82, 2.24) is 4.90 Å². The Labute approximate surface area is 217 Å². The molecule has 190 valence electrons. The zero-order valence-electron chi connectivity index (χ0n) is 21.5. The maximum Gasteiger partial charge on any atom is 0.266 e. The molecule has 5 rings (SSSR count). The predicted molar refractivity (Wildman–Crippen MR) is 146 cm³/mol. The highest BCUT2D eigenvalue weighted by atomic mass is 32.2. The van der Waals surface area contributed by atoms with Crippen molar-refractivity contribution >= 4 is 40.3 Å². The van der Waals surface area contributed by atoms with Gasteiger partial charge in [0.25, 0.3) is 5.91 Å². The first-order valence-corrected chi connectivity index (χ1v) is 13.7. The summed E-state index contributed by atoms with van der Waals surface area (Å²) in [5.41, 5.74) is 3.29. The van der Waals surface area contributed by atoms with E-state index in [0.717, 1.165) is 49.4 Å². The van der Waals surface area contributed by atoms with Gasteiger partial charge < -0.3 is 9.64 Å². The maximum atomic E-state index is 15.5. The molecule has 0 bridgehead atoms. The summed E-state index contributed by atoms with van der Waals surface area (Å²) < 4.78 is 21.3. The highest BCUT2D eigenvalue weighted by molar-refractivity contribution is 8.18. The minimum absolute atomic E-state index is 0.000385. The smallest absolute Gasteiger partial charge is 0.266 e. The molecule has 2 fully saturated rings. The molecule has 0 aromatic heterocycles. The number of fused-ring (bicyclic) bond motifs is 1. The number of anilines is 1. The van der Waals surface area contributed by atoms with Crippen LogP contribution in [-0.4, -0.2) is 47.3 Å². The average molecular weight is 508 g/mol. The van der Waals surface area contributed by atoms with Gasteiger partial charge in [-0.05, 0) is 93.6 Å². The van der Waals surface area contributed by atoms with E-state index in [1.165, 1.54) is 11.8 Å². The Kier molecular flexibility index (Phi) is 6.97. The van der Waals surface area contributed by atoms with Crippen LogP contribution in [0, 0.1) is 5.82 Å².